The molecule has 0 aliphatic rings. The standard InChI is InChI=1S/C10H8BN/c1-7-4-9-5-10(11)3-2-8(9)6-12-7/h2-6H,1H3. The average molecular weight is 153 g/mol. The Balaban J connectivity index is 2.80. The van der Waals surface area contributed by atoms with Crippen molar-refractivity contribution in [2.24, 2.45) is 0 Å². The number of pyridine rings is 1. The molecular formula is C10H8BN. The Morgan fingerprint density at radius 3 is 2.83 bits per heavy atom. The van der Waals surface area contributed by atoms with Crippen LogP contribution in [0.25, 0.3) is 10.8 Å². The minimum absolute atomic E-state index is 0.799. The number of aryl methyl sites for hydroxylation is 1. The Bertz CT molecular complexity index is 386. The van der Waals surface area contributed by atoms with Gasteiger partial charge < -0.3 is 0 Å². The average Bonchev–Trinajstić information content (AvgIpc) is 2.03. The van der Waals surface area contributed by atoms with E-state index in [9.17, 15) is 0 Å². The van der Waals surface area contributed by atoms with Gasteiger partial charge in [-0.25, -0.2) is 0 Å². The fraction of sp³-hybridized carbons (Fsp3) is 0.100. The van der Waals surface area contributed by atoms with E-state index in [0.29, 0.717) is 0 Å². The van der Waals surface area contributed by atoms with Gasteiger partial charge in [0.25, 0.3) is 0 Å². The molecule has 0 saturated carbocycles. The van der Waals surface area contributed by atoms with Gasteiger partial charge in [0.2, 0.25) is 0 Å². The van der Waals surface area contributed by atoms with Crippen LogP contribution in [0.4, 0.5) is 0 Å². The lowest BCUT2D eigenvalue weighted by Crippen LogP contribution is -1.99. The predicted octanol–water partition coefficient (Wildman–Crippen LogP) is 1.34. The third-order valence-electron chi connectivity index (χ3n) is 1.88. The van der Waals surface area contributed by atoms with Crippen molar-refractivity contribution in [1.82, 2.24) is 4.98 Å². The second kappa shape index (κ2) is 2.63. The van der Waals surface area contributed by atoms with Crippen molar-refractivity contribution in [2.45, 2.75) is 6.92 Å². The minimum Gasteiger partial charge on any atom is -0.261 e. The van der Waals surface area contributed by atoms with Gasteiger partial charge in [0.15, 0.2) is 0 Å². The molecule has 0 N–H and O–H groups in total. The van der Waals surface area contributed by atoms with Crippen LogP contribution in [0.3, 0.4) is 0 Å². The summed E-state index contributed by atoms with van der Waals surface area (Å²) in [4.78, 5) is 4.20. The van der Waals surface area contributed by atoms with Crippen LogP contribution in [0, 0.1) is 6.92 Å². The van der Waals surface area contributed by atoms with Gasteiger partial charge in [-0.15, -0.1) is 0 Å². The highest BCUT2D eigenvalue weighted by Gasteiger charge is 1.93. The van der Waals surface area contributed by atoms with Gasteiger partial charge in [-0.2, -0.15) is 0 Å². The zero-order valence-corrected chi connectivity index (χ0v) is 6.91. The summed E-state index contributed by atoms with van der Waals surface area (Å²) >= 11 is 0. The van der Waals surface area contributed by atoms with E-state index in [2.05, 4.69) is 4.98 Å². The van der Waals surface area contributed by atoms with Crippen LogP contribution in [0.5, 0.6) is 0 Å². The van der Waals surface area contributed by atoms with Crippen LogP contribution >= 0.6 is 0 Å². The van der Waals surface area contributed by atoms with Crippen molar-refractivity contribution < 1.29 is 0 Å². The lowest BCUT2D eigenvalue weighted by Gasteiger charge is -1.99. The molecule has 1 aromatic carbocycles. The molecule has 0 aliphatic carbocycles. The first-order valence-electron chi connectivity index (χ1n) is 3.87. The molecular weight excluding hydrogens is 145 g/mol. The zero-order valence-electron chi connectivity index (χ0n) is 6.91. The van der Waals surface area contributed by atoms with Gasteiger partial charge in [0.05, 0.1) is 0 Å². The van der Waals surface area contributed by atoms with E-state index < -0.39 is 0 Å². The third-order valence-corrected chi connectivity index (χ3v) is 1.88. The fourth-order valence-electron chi connectivity index (χ4n) is 1.27. The Labute approximate surface area is 72.8 Å². The van der Waals surface area contributed by atoms with Crippen molar-refractivity contribution in [2.75, 3.05) is 0 Å². The monoisotopic (exact) mass is 153 g/mol. The van der Waals surface area contributed by atoms with Crippen LogP contribution in [0.15, 0.2) is 30.5 Å². The first-order valence-corrected chi connectivity index (χ1v) is 3.87. The molecule has 0 unspecified atom stereocenters. The topological polar surface area (TPSA) is 12.9 Å². The molecule has 1 aromatic heterocycles. The zero-order chi connectivity index (χ0) is 8.55. The second-order valence-electron chi connectivity index (χ2n) is 2.93. The van der Waals surface area contributed by atoms with Crippen molar-refractivity contribution in [3.8, 4) is 0 Å². The summed E-state index contributed by atoms with van der Waals surface area (Å²) in [6.07, 6.45) is 1.87. The summed E-state index contributed by atoms with van der Waals surface area (Å²) in [6, 6.07) is 7.87. The Hall–Kier alpha value is -1.31. The summed E-state index contributed by atoms with van der Waals surface area (Å²) in [5.41, 5.74) is 1.82. The maximum absolute atomic E-state index is 5.65. The predicted molar refractivity (Wildman–Crippen MR) is 51.9 cm³/mol. The summed E-state index contributed by atoms with van der Waals surface area (Å²) in [6.45, 7) is 1.97. The van der Waals surface area contributed by atoms with Crippen LogP contribution in [0.1, 0.15) is 5.69 Å². The Kier molecular flexibility index (Phi) is 1.61. The third kappa shape index (κ3) is 1.20. The molecule has 12 heavy (non-hydrogen) atoms. The van der Waals surface area contributed by atoms with E-state index in [4.69, 9.17) is 7.85 Å². The molecule has 0 fully saturated rings. The molecule has 2 radical (unpaired) electrons. The molecule has 0 atom stereocenters. The van der Waals surface area contributed by atoms with Crippen LogP contribution < -0.4 is 5.46 Å². The molecule has 1 nitrogen and oxygen atoms in total. The summed E-state index contributed by atoms with van der Waals surface area (Å²) in [7, 11) is 5.65. The number of benzene rings is 1. The van der Waals surface area contributed by atoms with Crippen LogP contribution in [-0.4, -0.2) is 12.8 Å². The quantitative estimate of drug-likeness (QED) is 0.520. The summed E-state index contributed by atoms with van der Waals surface area (Å²) in [5.74, 6) is 0. The molecule has 1 heterocycles. The van der Waals surface area contributed by atoms with Gasteiger partial charge >= 0.3 is 0 Å². The molecule has 0 saturated heterocycles. The highest BCUT2D eigenvalue weighted by Crippen LogP contribution is 2.11. The minimum atomic E-state index is 0.799. The first kappa shape index (κ1) is 7.35. The van der Waals surface area contributed by atoms with Crippen molar-refractivity contribution in [1.29, 1.82) is 0 Å². The number of fused-ring (bicyclic) bond motifs is 1. The van der Waals surface area contributed by atoms with E-state index in [1.807, 2.05) is 37.4 Å². The molecule has 0 spiro atoms. The van der Waals surface area contributed by atoms with Gasteiger partial charge in [-0.3, -0.25) is 4.98 Å². The number of hydrogen-bond acceptors (Lipinski definition) is 1. The lowest BCUT2D eigenvalue weighted by atomic mass is 9.94. The molecule has 0 amide bonds. The number of hydrogen-bond donors (Lipinski definition) is 0. The molecule has 2 heteroatoms. The Morgan fingerprint density at radius 1 is 1.17 bits per heavy atom. The molecule has 2 rings (SSSR count). The van der Waals surface area contributed by atoms with E-state index in [1.54, 1.807) is 0 Å². The first-order chi connectivity index (χ1) is 5.75. The number of aromatic nitrogens is 1. The van der Waals surface area contributed by atoms with E-state index in [0.717, 1.165) is 21.9 Å². The molecule has 56 valence electrons. The van der Waals surface area contributed by atoms with Gasteiger partial charge in [0.1, 0.15) is 7.85 Å². The Morgan fingerprint density at radius 2 is 2.00 bits per heavy atom. The van der Waals surface area contributed by atoms with Crippen molar-refractivity contribution in [3.05, 3.63) is 36.2 Å². The van der Waals surface area contributed by atoms with Crippen LogP contribution in [-0.2, 0) is 0 Å². The number of rotatable bonds is 0. The van der Waals surface area contributed by atoms with Gasteiger partial charge in [0, 0.05) is 11.9 Å². The van der Waals surface area contributed by atoms with Gasteiger partial charge in [-0.1, -0.05) is 23.7 Å². The molecule has 0 aliphatic heterocycles. The van der Waals surface area contributed by atoms with E-state index >= 15 is 0 Å². The molecule has 2 aromatic rings. The lowest BCUT2D eigenvalue weighted by molar-refractivity contribution is 1.22. The molecule has 0 bridgehead atoms. The van der Waals surface area contributed by atoms with Crippen molar-refractivity contribution in [3.63, 3.8) is 0 Å². The summed E-state index contributed by atoms with van der Waals surface area (Å²) < 4.78 is 0. The largest absolute Gasteiger partial charge is 0.261 e. The highest BCUT2D eigenvalue weighted by molar-refractivity contribution is 6.33. The van der Waals surface area contributed by atoms with E-state index in [1.165, 1.54) is 0 Å². The smallest absolute Gasteiger partial charge is 0.113 e. The second-order valence-corrected chi connectivity index (χ2v) is 2.93. The normalized spacial score (nSPS) is 10.4. The SMILES string of the molecule is [B]c1ccc2cnc(C)cc2c1. The maximum Gasteiger partial charge on any atom is 0.113 e. The van der Waals surface area contributed by atoms with E-state index in [-0.39, 0.29) is 0 Å². The van der Waals surface area contributed by atoms with Gasteiger partial charge in [-0.05, 0) is 23.8 Å². The summed E-state index contributed by atoms with van der Waals surface area (Å²) in [5, 5.41) is 2.29. The van der Waals surface area contributed by atoms with Crippen molar-refractivity contribution >= 4 is 24.1 Å². The number of nitrogens with zero attached hydrogens (tertiary/aromatic N) is 1. The highest BCUT2D eigenvalue weighted by atomic mass is 14.6. The fourth-order valence-corrected chi connectivity index (χ4v) is 1.27. The maximum atomic E-state index is 5.65. The van der Waals surface area contributed by atoms with Crippen LogP contribution in [0.2, 0.25) is 0 Å².